The first-order valence-corrected chi connectivity index (χ1v) is 4.40. The molecule has 0 N–H and O–H groups in total. The second-order valence-electron chi connectivity index (χ2n) is 3.05. The molecule has 1 heterocycles. The van der Waals surface area contributed by atoms with Crippen molar-refractivity contribution in [1.29, 1.82) is 0 Å². The second-order valence-corrected chi connectivity index (χ2v) is 3.05. The van der Waals surface area contributed by atoms with Crippen LogP contribution in [-0.4, -0.2) is 10.1 Å². The number of ether oxygens (including phenoxy) is 1. The van der Waals surface area contributed by atoms with Crippen molar-refractivity contribution in [3.63, 3.8) is 0 Å². The van der Waals surface area contributed by atoms with Gasteiger partial charge in [0.1, 0.15) is 11.6 Å². The Balaban J connectivity index is 2.07. The molecule has 2 rings (SSSR count). The third-order valence-electron chi connectivity index (χ3n) is 1.91. The highest BCUT2D eigenvalue weighted by Crippen LogP contribution is 2.19. The van der Waals surface area contributed by atoms with E-state index in [0.29, 0.717) is 11.6 Å². The van der Waals surface area contributed by atoms with Gasteiger partial charge in [-0.15, -0.1) is 0 Å². The highest BCUT2D eigenvalue weighted by atomic mass is 19.1. The van der Waals surface area contributed by atoms with E-state index in [1.54, 1.807) is 6.07 Å². The van der Waals surface area contributed by atoms with Crippen LogP contribution >= 0.6 is 0 Å². The van der Waals surface area contributed by atoms with E-state index in [2.05, 4.69) is 14.7 Å². The average molecular weight is 208 g/mol. The SMILES string of the molecule is Cc1ccc(F)cc1OCc1ncon1. The number of halogens is 1. The van der Waals surface area contributed by atoms with Crippen molar-refractivity contribution in [2.45, 2.75) is 13.5 Å². The van der Waals surface area contributed by atoms with Crippen molar-refractivity contribution >= 4 is 0 Å². The molecule has 0 unspecified atom stereocenters. The van der Waals surface area contributed by atoms with Crippen molar-refractivity contribution in [2.24, 2.45) is 0 Å². The third kappa shape index (κ3) is 2.31. The quantitative estimate of drug-likeness (QED) is 0.774. The molecule has 5 heteroatoms. The molecule has 0 bridgehead atoms. The maximum absolute atomic E-state index is 12.9. The summed E-state index contributed by atoms with van der Waals surface area (Å²) in [5.74, 6) is 0.585. The topological polar surface area (TPSA) is 48.2 Å². The van der Waals surface area contributed by atoms with Gasteiger partial charge in [0.25, 0.3) is 0 Å². The van der Waals surface area contributed by atoms with E-state index in [1.165, 1.54) is 18.5 Å². The molecule has 78 valence electrons. The first kappa shape index (κ1) is 9.64. The molecule has 0 amide bonds. The molecule has 0 atom stereocenters. The van der Waals surface area contributed by atoms with Crippen LogP contribution in [0, 0.1) is 12.7 Å². The van der Waals surface area contributed by atoms with Crippen molar-refractivity contribution in [3.05, 3.63) is 41.8 Å². The summed E-state index contributed by atoms with van der Waals surface area (Å²) in [7, 11) is 0. The Morgan fingerprint density at radius 3 is 3.07 bits per heavy atom. The highest BCUT2D eigenvalue weighted by molar-refractivity contribution is 5.32. The number of benzene rings is 1. The molecule has 4 nitrogen and oxygen atoms in total. The van der Waals surface area contributed by atoms with Crippen LogP contribution < -0.4 is 4.74 Å². The van der Waals surface area contributed by atoms with Crippen molar-refractivity contribution in [3.8, 4) is 5.75 Å². The zero-order valence-corrected chi connectivity index (χ0v) is 8.11. The molecule has 0 saturated heterocycles. The Bertz CT molecular complexity index is 443. The van der Waals surface area contributed by atoms with E-state index in [-0.39, 0.29) is 12.4 Å². The van der Waals surface area contributed by atoms with Crippen LogP contribution in [0.25, 0.3) is 0 Å². The number of rotatable bonds is 3. The van der Waals surface area contributed by atoms with Crippen molar-refractivity contribution in [1.82, 2.24) is 10.1 Å². The average Bonchev–Trinajstić information content (AvgIpc) is 2.72. The molecule has 1 aromatic carbocycles. The van der Waals surface area contributed by atoms with Gasteiger partial charge >= 0.3 is 0 Å². The molecule has 2 aromatic rings. The van der Waals surface area contributed by atoms with Crippen LogP contribution in [0.1, 0.15) is 11.4 Å². The van der Waals surface area contributed by atoms with Crippen LogP contribution in [0.3, 0.4) is 0 Å². The molecule has 0 saturated carbocycles. The zero-order chi connectivity index (χ0) is 10.7. The fourth-order valence-electron chi connectivity index (χ4n) is 1.13. The molecular formula is C10H9FN2O2. The van der Waals surface area contributed by atoms with Gasteiger partial charge in [0.2, 0.25) is 12.2 Å². The van der Waals surface area contributed by atoms with Gasteiger partial charge < -0.3 is 9.26 Å². The van der Waals surface area contributed by atoms with Gasteiger partial charge in [0.15, 0.2) is 6.61 Å². The van der Waals surface area contributed by atoms with Crippen molar-refractivity contribution in [2.75, 3.05) is 0 Å². The van der Waals surface area contributed by atoms with Gasteiger partial charge in [0, 0.05) is 6.07 Å². The lowest BCUT2D eigenvalue weighted by Gasteiger charge is -2.06. The van der Waals surface area contributed by atoms with Crippen LogP contribution in [-0.2, 0) is 6.61 Å². The summed E-state index contributed by atoms with van der Waals surface area (Å²) in [4.78, 5) is 3.79. The molecule has 0 radical (unpaired) electrons. The molecule has 15 heavy (non-hydrogen) atoms. The van der Waals surface area contributed by atoms with Gasteiger partial charge in [-0.05, 0) is 18.6 Å². The van der Waals surface area contributed by atoms with Crippen molar-refractivity contribution < 1.29 is 13.7 Å². The van der Waals surface area contributed by atoms with Gasteiger partial charge in [-0.1, -0.05) is 11.2 Å². The fourth-order valence-corrected chi connectivity index (χ4v) is 1.13. The van der Waals surface area contributed by atoms with E-state index < -0.39 is 0 Å². The Hall–Kier alpha value is -1.91. The van der Waals surface area contributed by atoms with Crippen LogP contribution in [0.15, 0.2) is 29.1 Å². The molecular weight excluding hydrogens is 199 g/mol. The zero-order valence-electron chi connectivity index (χ0n) is 8.11. The largest absolute Gasteiger partial charge is 0.485 e. The second kappa shape index (κ2) is 4.08. The van der Waals surface area contributed by atoms with Crippen LogP contribution in [0.5, 0.6) is 5.75 Å². The summed E-state index contributed by atoms with van der Waals surface area (Å²) in [5.41, 5.74) is 0.861. The Morgan fingerprint density at radius 2 is 2.33 bits per heavy atom. The summed E-state index contributed by atoms with van der Waals surface area (Å²) in [6.45, 7) is 2.01. The maximum atomic E-state index is 12.9. The highest BCUT2D eigenvalue weighted by Gasteiger charge is 2.04. The summed E-state index contributed by atoms with van der Waals surface area (Å²) >= 11 is 0. The van der Waals surface area contributed by atoms with E-state index in [1.807, 2.05) is 6.92 Å². The standard InChI is InChI=1S/C10H9FN2O2/c1-7-2-3-8(11)4-9(7)14-5-10-12-6-15-13-10/h2-4,6H,5H2,1H3. The van der Waals surface area contributed by atoms with Crippen LogP contribution in [0.2, 0.25) is 0 Å². The fraction of sp³-hybridized carbons (Fsp3) is 0.200. The lowest BCUT2D eigenvalue weighted by molar-refractivity contribution is 0.283. The monoisotopic (exact) mass is 208 g/mol. The Kier molecular flexibility index (Phi) is 2.62. The smallest absolute Gasteiger partial charge is 0.213 e. The Labute approximate surface area is 85.7 Å². The number of hydrogen-bond donors (Lipinski definition) is 0. The van der Waals surface area contributed by atoms with E-state index in [9.17, 15) is 4.39 Å². The van der Waals surface area contributed by atoms with E-state index >= 15 is 0 Å². The van der Waals surface area contributed by atoms with Gasteiger partial charge in [0.05, 0.1) is 0 Å². The molecule has 0 aliphatic carbocycles. The molecule has 1 aromatic heterocycles. The third-order valence-corrected chi connectivity index (χ3v) is 1.91. The van der Waals surface area contributed by atoms with Crippen LogP contribution in [0.4, 0.5) is 4.39 Å². The number of nitrogens with zero attached hydrogens (tertiary/aromatic N) is 2. The molecule has 0 aliphatic rings. The lowest BCUT2D eigenvalue weighted by Crippen LogP contribution is -1.99. The maximum Gasteiger partial charge on any atom is 0.213 e. The summed E-state index contributed by atoms with van der Waals surface area (Å²) < 4.78 is 22.8. The van der Waals surface area contributed by atoms with E-state index in [4.69, 9.17) is 4.74 Å². The predicted octanol–water partition coefficient (Wildman–Crippen LogP) is 2.10. The summed E-state index contributed by atoms with van der Waals surface area (Å²) in [6.07, 6.45) is 1.22. The number of aryl methyl sites for hydroxylation is 1. The minimum absolute atomic E-state index is 0.167. The number of hydrogen-bond acceptors (Lipinski definition) is 4. The minimum Gasteiger partial charge on any atom is -0.485 e. The minimum atomic E-state index is -0.330. The molecule has 0 aliphatic heterocycles. The van der Waals surface area contributed by atoms with Gasteiger partial charge in [-0.3, -0.25) is 0 Å². The van der Waals surface area contributed by atoms with Gasteiger partial charge in [-0.25, -0.2) is 4.39 Å². The first-order chi connectivity index (χ1) is 7.25. The normalized spacial score (nSPS) is 10.3. The molecule has 0 spiro atoms. The lowest BCUT2D eigenvalue weighted by atomic mass is 10.2. The predicted molar refractivity (Wildman–Crippen MR) is 49.8 cm³/mol. The van der Waals surface area contributed by atoms with E-state index in [0.717, 1.165) is 5.56 Å². The summed E-state index contributed by atoms with van der Waals surface area (Å²) in [6, 6.07) is 4.37. The molecule has 0 fully saturated rings. The first-order valence-electron chi connectivity index (χ1n) is 4.40. The van der Waals surface area contributed by atoms with Gasteiger partial charge in [-0.2, -0.15) is 4.98 Å². The Morgan fingerprint density at radius 1 is 1.47 bits per heavy atom. The summed E-state index contributed by atoms with van der Waals surface area (Å²) in [5, 5.41) is 3.58. The number of aromatic nitrogens is 2.